The Morgan fingerprint density at radius 3 is 3.00 bits per heavy atom. The predicted molar refractivity (Wildman–Crippen MR) is 48.1 cm³/mol. The van der Waals surface area contributed by atoms with Gasteiger partial charge >= 0.3 is 0 Å². The fourth-order valence-electron chi connectivity index (χ4n) is 1.61. The molecule has 2 atom stereocenters. The fraction of sp³-hybridized carbons (Fsp3) is 0.500. The molecule has 1 aromatic heterocycles. The van der Waals surface area contributed by atoms with E-state index in [1.807, 2.05) is 0 Å². The second kappa shape index (κ2) is 4.02. The highest BCUT2D eigenvalue weighted by Gasteiger charge is 2.25. The minimum atomic E-state index is -0.641. The molecule has 14 heavy (non-hydrogen) atoms. The molecule has 0 aromatic carbocycles. The van der Waals surface area contributed by atoms with Crippen LogP contribution in [0.25, 0.3) is 0 Å². The van der Waals surface area contributed by atoms with Gasteiger partial charge in [-0.25, -0.2) is 4.39 Å². The van der Waals surface area contributed by atoms with Crippen molar-refractivity contribution in [3.63, 3.8) is 0 Å². The summed E-state index contributed by atoms with van der Waals surface area (Å²) in [4.78, 5) is 3.84. The molecule has 0 saturated carbocycles. The summed E-state index contributed by atoms with van der Waals surface area (Å²) in [6, 6.07) is 2.82. The van der Waals surface area contributed by atoms with Gasteiger partial charge in [-0.2, -0.15) is 0 Å². The Morgan fingerprint density at radius 2 is 2.43 bits per heavy atom. The normalized spacial score (nSPS) is 23.7. The van der Waals surface area contributed by atoms with Gasteiger partial charge in [0.25, 0.3) is 0 Å². The number of rotatable bonds is 2. The molecule has 3 nitrogen and oxygen atoms in total. The van der Waals surface area contributed by atoms with Crippen molar-refractivity contribution in [2.75, 3.05) is 13.2 Å². The number of aliphatic hydroxyl groups excluding tert-OH is 1. The van der Waals surface area contributed by atoms with Gasteiger partial charge in [-0.1, -0.05) is 0 Å². The van der Waals surface area contributed by atoms with Crippen molar-refractivity contribution in [1.82, 2.24) is 4.98 Å². The van der Waals surface area contributed by atoms with Gasteiger partial charge in [0.15, 0.2) is 0 Å². The molecule has 0 spiro atoms. The van der Waals surface area contributed by atoms with Crippen LogP contribution in [-0.4, -0.2) is 23.3 Å². The van der Waals surface area contributed by atoms with E-state index in [1.165, 1.54) is 12.1 Å². The Bertz CT molecular complexity index is 295. The van der Waals surface area contributed by atoms with Gasteiger partial charge in [0.1, 0.15) is 11.9 Å². The maximum atomic E-state index is 12.6. The van der Waals surface area contributed by atoms with Crippen LogP contribution in [0.5, 0.6) is 0 Å². The first-order valence-electron chi connectivity index (χ1n) is 4.64. The molecule has 0 bridgehead atoms. The molecule has 1 fully saturated rings. The average molecular weight is 197 g/mol. The van der Waals surface area contributed by atoms with Crippen molar-refractivity contribution in [3.05, 3.63) is 29.8 Å². The number of aromatic nitrogens is 1. The highest BCUT2D eigenvalue weighted by Crippen LogP contribution is 2.27. The molecule has 2 unspecified atom stereocenters. The van der Waals surface area contributed by atoms with Gasteiger partial charge in [0.2, 0.25) is 0 Å². The van der Waals surface area contributed by atoms with Gasteiger partial charge in [-0.15, -0.1) is 0 Å². The molecule has 1 aromatic rings. The zero-order chi connectivity index (χ0) is 9.97. The van der Waals surface area contributed by atoms with Gasteiger partial charge in [0, 0.05) is 12.5 Å². The first-order chi connectivity index (χ1) is 6.77. The second-order valence-electron chi connectivity index (χ2n) is 3.47. The monoisotopic (exact) mass is 197 g/mol. The molecule has 4 heteroatoms. The number of ether oxygens (including phenoxy) is 1. The molecule has 1 aliphatic rings. The van der Waals surface area contributed by atoms with Crippen molar-refractivity contribution in [1.29, 1.82) is 0 Å². The number of aliphatic hydroxyl groups is 1. The quantitative estimate of drug-likeness (QED) is 0.776. The first-order valence-corrected chi connectivity index (χ1v) is 4.64. The Morgan fingerprint density at radius 1 is 1.57 bits per heavy atom. The van der Waals surface area contributed by atoms with Gasteiger partial charge in [0.05, 0.1) is 18.5 Å². The van der Waals surface area contributed by atoms with Crippen molar-refractivity contribution in [2.45, 2.75) is 12.5 Å². The minimum absolute atomic E-state index is 0.0907. The third-order valence-corrected chi connectivity index (χ3v) is 2.46. The van der Waals surface area contributed by atoms with Crippen LogP contribution in [0.3, 0.4) is 0 Å². The lowest BCUT2D eigenvalue weighted by molar-refractivity contribution is 0.0884. The lowest BCUT2D eigenvalue weighted by Crippen LogP contribution is -2.13. The van der Waals surface area contributed by atoms with E-state index in [1.54, 1.807) is 0 Å². The molecule has 1 aliphatic heterocycles. The van der Waals surface area contributed by atoms with Gasteiger partial charge in [-0.3, -0.25) is 4.98 Å². The standard InChI is InChI=1S/C10H12FNO2/c11-8-1-2-9(12-5-8)10(13)7-3-4-14-6-7/h1-2,5,7,10,13H,3-4,6H2. The summed E-state index contributed by atoms with van der Waals surface area (Å²) in [5.74, 6) is -0.295. The van der Waals surface area contributed by atoms with E-state index >= 15 is 0 Å². The van der Waals surface area contributed by atoms with E-state index in [2.05, 4.69) is 4.98 Å². The molecule has 1 N–H and O–H groups in total. The lowest BCUT2D eigenvalue weighted by atomic mass is 9.99. The molecule has 0 radical (unpaired) electrons. The Labute approximate surface area is 81.5 Å². The minimum Gasteiger partial charge on any atom is -0.386 e. The zero-order valence-electron chi connectivity index (χ0n) is 7.69. The van der Waals surface area contributed by atoms with Crippen LogP contribution in [0.15, 0.2) is 18.3 Å². The van der Waals surface area contributed by atoms with Crippen LogP contribution < -0.4 is 0 Å². The van der Waals surface area contributed by atoms with E-state index in [0.717, 1.165) is 12.6 Å². The summed E-state index contributed by atoms with van der Waals surface area (Å²) < 4.78 is 17.7. The molecule has 0 amide bonds. The summed E-state index contributed by atoms with van der Waals surface area (Å²) in [5, 5.41) is 9.85. The summed E-state index contributed by atoms with van der Waals surface area (Å²) in [6.45, 7) is 1.24. The summed E-state index contributed by atoms with van der Waals surface area (Å²) in [7, 11) is 0. The number of pyridine rings is 1. The number of hydrogen-bond acceptors (Lipinski definition) is 3. The molecule has 0 aliphatic carbocycles. The third-order valence-electron chi connectivity index (χ3n) is 2.46. The Hall–Kier alpha value is -1.00. The maximum absolute atomic E-state index is 12.6. The van der Waals surface area contributed by atoms with Crippen LogP contribution >= 0.6 is 0 Å². The maximum Gasteiger partial charge on any atom is 0.141 e. The first kappa shape index (κ1) is 9.55. The van der Waals surface area contributed by atoms with Gasteiger partial charge < -0.3 is 9.84 Å². The Balaban J connectivity index is 2.09. The topological polar surface area (TPSA) is 42.4 Å². The highest BCUT2D eigenvalue weighted by molar-refractivity contribution is 5.09. The van der Waals surface area contributed by atoms with E-state index in [0.29, 0.717) is 18.9 Å². The number of hydrogen-bond donors (Lipinski definition) is 1. The smallest absolute Gasteiger partial charge is 0.141 e. The van der Waals surface area contributed by atoms with E-state index in [-0.39, 0.29) is 11.7 Å². The van der Waals surface area contributed by atoms with E-state index < -0.39 is 6.10 Å². The summed E-state index contributed by atoms with van der Waals surface area (Å²) >= 11 is 0. The number of nitrogens with zero attached hydrogens (tertiary/aromatic N) is 1. The van der Waals surface area contributed by atoms with Gasteiger partial charge in [-0.05, 0) is 18.6 Å². The predicted octanol–water partition coefficient (Wildman–Crippen LogP) is 1.29. The van der Waals surface area contributed by atoms with Crippen LogP contribution in [-0.2, 0) is 4.74 Å². The summed E-state index contributed by atoms with van der Waals surface area (Å²) in [6.07, 6.45) is 1.31. The van der Waals surface area contributed by atoms with Crippen molar-refractivity contribution >= 4 is 0 Å². The number of halogens is 1. The van der Waals surface area contributed by atoms with E-state index in [4.69, 9.17) is 4.74 Å². The fourth-order valence-corrected chi connectivity index (χ4v) is 1.61. The molecule has 1 saturated heterocycles. The second-order valence-corrected chi connectivity index (χ2v) is 3.47. The van der Waals surface area contributed by atoms with Crippen molar-refractivity contribution in [3.8, 4) is 0 Å². The van der Waals surface area contributed by atoms with Crippen LogP contribution in [0.1, 0.15) is 18.2 Å². The molecule has 76 valence electrons. The molecular formula is C10H12FNO2. The molecule has 2 heterocycles. The molecular weight excluding hydrogens is 185 g/mol. The average Bonchev–Trinajstić information content (AvgIpc) is 2.71. The van der Waals surface area contributed by atoms with Crippen LogP contribution in [0, 0.1) is 11.7 Å². The lowest BCUT2D eigenvalue weighted by Gasteiger charge is -2.15. The zero-order valence-corrected chi connectivity index (χ0v) is 7.69. The van der Waals surface area contributed by atoms with E-state index in [9.17, 15) is 9.50 Å². The SMILES string of the molecule is OC(c1ccc(F)cn1)C1CCOC1. The van der Waals surface area contributed by atoms with Crippen LogP contribution in [0.4, 0.5) is 4.39 Å². The highest BCUT2D eigenvalue weighted by atomic mass is 19.1. The largest absolute Gasteiger partial charge is 0.386 e. The summed E-state index contributed by atoms with van der Waals surface area (Å²) in [5.41, 5.74) is 0.516. The van der Waals surface area contributed by atoms with Crippen LogP contribution in [0.2, 0.25) is 0 Å². The molecule has 2 rings (SSSR count). The third kappa shape index (κ3) is 1.91. The van der Waals surface area contributed by atoms with Crippen molar-refractivity contribution < 1.29 is 14.2 Å². The Kier molecular flexibility index (Phi) is 2.74. The van der Waals surface area contributed by atoms with Crippen molar-refractivity contribution in [2.24, 2.45) is 5.92 Å².